The van der Waals surface area contributed by atoms with Gasteiger partial charge < -0.3 is 104 Å². The number of rotatable bonds is 40. The lowest BCUT2D eigenvalue weighted by Crippen LogP contribution is -2.57. The van der Waals surface area contributed by atoms with Crippen LogP contribution in [0.3, 0.4) is 0 Å². The van der Waals surface area contributed by atoms with Gasteiger partial charge in [-0.25, -0.2) is 9.97 Å². The standard InChI is InChI=1S/C22H32BF3N2O4.C21H30BF3N2O4.C20H32BN3O4.C19H30BN3O4.C18H29BN4O4/c24-22(25,26)17-6-7-18-15(14-17)4-3-5-19(18)28-12-8-16(9-13-28)21(27,20(29)30)10-1-2-11-23(31)32;23-21(24,25)16-5-3-14-4-6-18(17(14)13-16)27-11-7-15(8-12-27)20(26,19(28)29)9-1-2-10-22(30)31;22-20(19(25)26,10-1-2-11-21(27)28)16-8-13-24(14-9-16)17-7-3-5-15-6-4-12-23-18(15)17;21-19(18(24)25,8-1-2-9-20(26)27)15-6-11-23(12-7-15)17-4-3-14-5-10-22-13-16(14)17;20-18(17(24)25,7-1-2-8-19(26)27)13-5-9-23(10-6-13)16-4-3-15-14(16)11-21-12-22-15/h6-7,14,16,19,31-32H,1-5,8-13,27H2,(H,29,30);3,5,13,15,18,30-31H,1-2,4,6-12,26H2,(H,28,29);4,6,12,16-17,27-28H,1-3,5,7-11,13-14,22H2,(H,25,26);5,10,13,15,17,26-27H,1-4,6-9,11-12,21H2,(H,24,25);11-13,16,26-27H,1-10,20H2,(H,24,25). The molecule has 25 N–H and O–H groups in total. The summed E-state index contributed by atoms with van der Waals surface area (Å²) in [7, 11) is -6.84. The number of piperidine rings is 5. The largest absolute Gasteiger partial charge is 0.480 e. The number of unbranched alkanes of at least 4 members (excludes halogenated alkanes) is 5. The lowest BCUT2D eigenvalue weighted by molar-refractivity contribution is -0.148. The van der Waals surface area contributed by atoms with Crippen LogP contribution < -0.4 is 28.7 Å². The molecular weight excluding hydrogens is 1890 g/mol. The number of likely N-dealkylation sites (tertiary alicyclic amines) is 5. The molecule has 3 aromatic heterocycles. The molecule has 5 saturated heterocycles. The van der Waals surface area contributed by atoms with Crippen molar-refractivity contribution in [1.82, 2.24) is 44.4 Å². The van der Waals surface area contributed by atoms with Gasteiger partial charge in [-0.3, -0.25) is 58.4 Å². The highest BCUT2D eigenvalue weighted by molar-refractivity contribution is 6.42. The van der Waals surface area contributed by atoms with Gasteiger partial charge in [-0.15, -0.1) is 0 Å². The van der Waals surface area contributed by atoms with E-state index in [9.17, 15) is 75.8 Å². The van der Waals surface area contributed by atoms with Gasteiger partial charge in [-0.05, 0) is 375 Å². The van der Waals surface area contributed by atoms with Crippen LogP contribution in [-0.2, 0) is 68.4 Å². The smallest absolute Gasteiger partial charge is 0.451 e. The molecule has 10 atom stereocenters. The summed E-state index contributed by atoms with van der Waals surface area (Å²) >= 11 is 0. The third-order valence-corrected chi connectivity index (χ3v) is 33.3. The summed E-state index contributed by atoms with van der Waals surface area (Å²) in [6.45, 7) is 7.51. The summed E-state index contributed by atoms with van der Waals surface area (Å²) in [4.78, 5) is 88.8. The van der Waals surface area contributed by atoms with Crippen LogP contribution in [0.15, 0.2) is 85.7 Å². The summed E-state index contributed by atoms with van der Waals surface area (Å²) in [6, 6.07) is 15.3. The van der Waals surface area contributed by atoms with E-state index in [2.05, 4.69) is 56.6 Å². The molecule has 0 amide bonds. The molecule has 145 heavy (non-hydrogen) atoms. The van der Waals surface area contributed by atoms with Crippen molar-refractivity contribution < 1.29 is 126 Å². The number of fused-ring (bicyclic) bond motifs is 5. The van der Waals surface area contributed by atoms with E-state index in [1.165, 1.54) is 40.1 Å². The molecule has 45 heteroatoms. The van der Waals surface area contributed by atoms with Crippen LogP contribution in [0.1, 0.15) is 303 Å². The van der Waals surface area contributed by atoms with E-state index in [0.29, 0.717) is 160 Å². The maximum Gasteiger partial charge on any atom is 0.451 e. The first-order chi connectivity index (χ1) is 68.8. The molecule has 5 fully saturated rings. The number of carbonyl (C=O) groups is 5. The van der Waals surface area contributed by atoms with Crippen LogP contribution in [0, 0.1) is 29.6 Å². The fraction of sp³-hybridized carbons (Fsp3) is 0.690. The van der Waals surface area contributed by atoms with Crippen molar-refractivity contribution in [2.24, 2.45) is 58.3 Å². The molecular formula is C100H153B5F6N14O20. The fourth-order valence-corrected chi connectivity index (χ4v) is 24.7. The SMILES string of the molecule is NC(CCCCB(O)O)(C(=O)O)C1CCN(C2CCCc3cc(C(F)(F)F)ccc32)CC1.NC(CCCCB(O)O)(C(=O)O)C1CCN(C2CCCc3cccnc32)CC1.NC(CCCCB(O)O)(C(=O)O)C1CCN(C2CCc3ccc(C(F)(F)F)cc32)CC1.NC(CCCCB(O)O)(C(=O)O)C1CCN(C2CCc3ccncc32)CC1.NC(CCCCB(O)O)(C(=O)O)C1CCN(C2CCc3ncncc32)CC1. The highest BCUT2D eigenvalue weighted by atomic mass is 19.4. The van der Waals surface area contributed by atoms with Crippen molar-refractivity contribution in [2.75, 3.05) is 65.4 Å². The van der Waals surface area contributed by atoms with E-state index < -0.39 is 117 Å². The third kappa shape index (κ3) is 31.3. The zero-order chi connectivity index (χ0) is 105. The molecule has 10 aliphatic rings. The Hall–Kier alpha value is -7.73. The molecule has 15 rings (SSSR count). The highest BCUT2D eigenvalue weighted by Gasteiger charge is 2.51. The van der Waals surface area contributed by atoms with E-state index >= 15 is 0 Å². The van der Waals surface area contributed by atoms with Crippen LogP contribution in [-0.4, -0.2) is 279 Å². The molecule has 10 unspecified atom stereocenters. The summed E-state index contributed by atoms with van der Waals surface area (Å²) in [5.41, 5.74) is 34.9. The summed E-state index contributed by atoms with van der Waals surface area (Å²) in [5.74, 6) is -5.56. The molecule has 8 heterocycles. The lowest BCUT2D eigenvalue weighted by atomic mass is 9.73. The Morgan fingerprint density at radius 2 is 0.634 bits per heavy atom. The minimum Gasteiger partial charge on any atom is -0.480 e. The molecule has 2 aromatic carbocycles. The number of nitrogens with two attached hydrogens (primary N) is 5. The minimum absolute atomic E-state index is 0.0463. The predicted octanol–water partition coefficient (Wildman–Crippen LogP) is 9.45. The Bertz CT molecular complexity index is 4840. The first-order valence-corrected chi connectivity index (χ1v) is 52.5. The van der Waals surface area contributed by atoms with Gasteiger partial charge in [0.15, 0.2) is 0 Å². The fourth-order valence-electron chi connectivity index (χ4n) is 24.7. The summed E-state index contributed by atoms with van der Waals surface area (Å²) in [5, 5.41) is 138. The Morgan fingerprint density at radius 1 is 0.317 bits per heavy atom. The van der Waals surface area contributed by atoms with E-state index in [1.807, 2.05) is 30.9 Å². The average molecular weight is 2040 g/mol. The first-order valence-electron chi connectivity index (χ1n) is 52.5. The molecule has 5 aliphatic heterocycles. The van der Waals surface area contributed by atoms with Crippen LogP contribution in [0.4, 0.5) is 26.3 Å². The van der Waals surface area contributed by atoms with Crippen molar-refractivity contribution >= 4 is 65.4 Å². The van der Waals surface area contributed by atoms with E-state index in [1.54, 1.807) is 18.5 Å². The van der Waals surface area contributed by atoms with Gasteiger partial charge >= 0.3 is 77.8 Å². The summed E-state index contributed by atoms with van der Waals surface area (Å²) in [6.07, 6.45) is 26.9. The predicted molar refractivity (Wildman–Crippen MR) is 536 cm³/mol. The maximum atomic E-state index is 13.1. The number of alkyl halides is 6. The Morgan fingerprint density at radius 3 is 1.01 bits per heavy atom. The van der Waals surface area contributed by atoms with Gasteiger partial charge in [-0.2, -0.15) is 26.3 Å². The van der Waals surface area contributed by atoms with Gasteiger partial charge in [0.25, 0.3) is 0 Å². The van der Waals surface area contributed by atoms with Gasteiger partial charge in [0.2, 0.25) is 0 Å². The number of halogens is 6. The van der Waals surface area contributed by atoms with E-state index in [0.717, 1.165) is 189 Å². The van der Waals surface area contributed by atoms with Crippen molar-refractivity contribution in [3.8, 4) is 0 Å². The van der Waals surface area contributed by atoms with Crippen molar-refractivity contribution in [1.29, 1.82) is 0 Å². The minimum atomic E-state index is -4.37. The van der Waals surface area contributed by atoms with Gasteiger partial charge in [-0.1, -0.05) is 82.4 Å². The lowest BCUT2D eigenvalue weighted by Gasteiger charge is -2.44. The number of aryl methyl sites for hydroxylation is 5. The molecule has 0 spiro atoms. The Kier molecular flexibility index (Phi) is 43.6. The topological polar surface area (TPSA) is 587 Å². The molecule has 800 valence electrons. The van der Waals surface area contributed by atoms with Crippen LogP contribution in [0.25, 0.3) is 0 Å². The molecule has 0 radical (unpaired) electrons. The number of hydrogen-bond acceptors (Lipinski definition) is 29. The van der Waals surface area contributed by atoms with Crippen molar-refractivity contribution in [2.45, 2.75) is 339 Å². The molecule has 34 nitrogen and oxygen atoms in total. The Labute approximate surface area is 847 Å². The number of hydrogen-bond donors (Lipinski definition) is 20. The monoisotopic (exact) mass is 2040 g/mol. The Balaban J connectivity index is 0.000000173. The van der Waals surface area contributed by atoms with Crippen LogP contribution in [0.2, 0.25) is 31.6 Å². The average Bonchev–Trinajstić information content (AvgIpc) is 1.20. The highest BCUT2D eigenvalue weighted by Crippen LogP contribution is 2.48. The number of nitrogens with zero attached hydrogens (tertiary/aromatic N) is 9. The molecule has 5 aromatic rings. The maximum absolute atomic E-state index is 13.1. The van der Waals surface area contributed by atoms with Crippen LogP contribution >= 0.6 is 0 Å². The third-order valence-electron chi connectivity index (χ3n) is 33.3. The van der Waals surface area contributed by atoms with Crippen LogP contribution in [0.5, 0.6) is 0 Å². The van der Waals surface area contributed by atoms with E-state index in [-0.39, 0.29) is 86.1 Å². The van der Waals surface area contributed by atoms with Gasteiger partial charge in [0.1, 0.15) is 34.0 Å². The number of aromatic nitrogens is 4. The zero-order valence-electron chi connectivity index (χ0n) is 83.4. The molecule has 5 aliphatic carbocycles. The molecule has 0 bridgehead atoms. The second-order valence-electron chi connectivity index (χ2n) is 42.3. The second-order valence-corrected chi connectivity index (χ2v) is 42.3. The number of aliphatic carboxylic acids is 5. The number of pyridine rings is 2. The second kappa shape index (κ2) is 53.8. The normalized spacial score (nSPS) is 22.7. The van der Waals surface area contributed by atoms with Gasteiger partial charge in [0.05, 0.1) is 22.9 Å². The van der Waals surface area contributed by atoms with Crippen molar-refractivity contribution in [3.05, 3.63) is 153 Å². The quantitative estimate of drug-likeness (QED) is 0.00985. The zero-order valence-corrected chi connectivity index (χ0v) is 83.4. The first kappa shape index (κ1) is 118. The molecule has 0 saturated carbocycles. The number of carboxylic acids is 5. The van der Waals surface area contributed by atoms with Gasteiger partial charge in [0, 0.05) is 60.2 Å². The van der Waals surface area contributed by atoms with Crippen molar-refractivity contribution in [3.63, 3.8) is 0 Å². The number of benzene rings is 2. The number of carboxylic acid groups (broad SMARTS) is 5. The van der Waals surface area contributed by atoms with E-state index in [4.69, 9.17) is 78.9 Å². The summed E-state index contributed by atoms with van der Waals surface area (Å²) < 4.78 is 78.7.